The highest BCUT2D eigenvalue weighted by Gasteiger charge is 2.39. The van der Waals surface area contributed by atoms with Gasteiger partial charge >= 0.3 is 5.97 Å². The summed E-state index contributed by atoms with van der Waals surface area (Å²) in [5.41, 5.74) is 3.79. The number of rotatable bonds is 4. The molecule has 2 aromatic carbocycles. The fourth-order valence-electron chi connectivity index (χ4n) is 4.44. The smallest absolute Gasteiger partial charge is 0.358 e. The maximum absolute atomic E-state index is 11.9. The number of aromatic nitrogens is 2. The van der Waals surface area contributed by atoms with Crippen LogP contribution in [0.4, 0.5) is 0 Å². The summed E-state index contributed by atoms with van der Waals surface area (Å²) < 4.78 is 1.79. The summed E-state index contributed by atoms with van der Waals surface area (Å²) >= 11 is 0. The van der Waals surface area contributed by atoms with E-state index in [1.165, 1.54) is 44.6 Å². The number of piperidine rings is 1. The van der Waals surface area contributed by atoms with Crippen LogP contribution in [0.2, 0.25) is 0 Å². The van der Waals surface area contributed by atoms with Crippen LogP contribution in [0.1, 0.15) is 28.8 Å². The van der Waals surface area contributed by atoms with Crippen LogP contribution in [0.15, 0.2) is 48.7 Å². The number of carbonyl (C=O) groups excluding carboxylic acids is 1. The van der Waals surface area contributed by atoms with Gasteiger partial charge in [0.25, 0.3) is 0 Å². The second-order valence-corrected chi connectivity index (χ2v) is 8.27. The van der Waals surface area contributed by atoms with Crippen molar-refractivity contribution < 1.29 is 9.63 Å². The lowest BCUT2D eigenvalue weighted by Gasteiger charge is -2.48. The predicted octanol–water partition coefficient (Wildman–Crippen LogP) is 2.24. The van der Waals surface area contributed by atoms with Crippen LogP contribution < -0.4 is 11.2 Å². The van der Waals surface area contributed by atoms with E-state index in [9.17, 15) is 4.79 Å². The van der Waals surface area contributed by atoms with E-state index in [0.29, 0.717) is 16.5 Å². The summed E-state index contributed by atoms with van der Waals surface area (Å²) in [6, 6.07) is 13.8. The van der Waals surface area contributed by atoms with E-state index in [1.807, 2.05) is 12.3 Å². The Balaban J connectivity index is 1.31. The average Bonchev–Trinajstić information content (AvgIpc) is 3.17. The number of fused-ring (bicyclic) bond motifs is 1. The topological polar surface area (TPSA) is 85.4 Å². The second kappa shape index (κ2) is 7.26. The molecular formula is C22H25N5O2. The van der Waals surface area contributed by atoms with Gasteiger partial charge in [-0.2, -0.15) is 11.0 Å². The second-order valence-electron chi connectivity index (χ2n) is 8.27. The van der Waals surface area contributed by atoms with E-state index >= 15 is 0 Å². The highest BCUT2D eigenvalue weighted by atomic mass is 16.7. The molecule has 7 heteroatoms. The monoisotopic (exact) mass is 391 g/mol. The number of nitrogens with two attached hydrogens (primary N) is 1. The zero-order valence-corrected chi connectivity index (χ0v) is 16.3. The molecule has 0 saturated carbocycles. The molecule has 1 aromatic heterocycles. The molecule has 2 aliphatic heterocycles. The van der Waals surface area contributed by atoms with Crippen LogP contribution in [-0.2, 0) is 11.4 Å². The first-order valence-electron chi connectivity index (χ1n) is 10.1. The average molecular weight is 391 g/mol. The Morgan fingerprint density at radius 2 is 1.90 bits per heavy atom. The molecule has 29 heavy (non-hydrogen) atoms. The van der Waals surface area contributed by atoms with Crippen LogP contribution in [0.5, 0.6) is 0 Å². The van der Waals surface area contributed by atoms with Gasteiger partial charge in [0.15, 0.2) is 0 Å². The van der Waals surface area contributed by atoms with E-state index in [1.54, 1.807) is 16.8 Å². The fraction of sp³-hybridized carbons (Fsp3) is 0.364. The van der Waals surface area contributed by atoms with Crippen LogP contribution in [0.25, 0.3) is 16.6 Å². The molecule has 0 radical (unpaired) electrons. The number of nitrogens with one attached hydrogen (secondary N) is 1. The molecule has 7 nitrogen and oxygen atoms in total. The van der Waals surface area contributed by atoms with E-state index in [2.05, 4.69) is 44.4 Å². The van der Waals surface area contributed by atoms with Crippen molar-refractivity contribution in [1.29, 1.82) is 0 Å². The van der Waals surface area contributed by atoms with Crippen LogP contribution >= 0.6 is 0 Å². The van der Waals surface area contributed by atoms with Crippen molar-refractivity contribution in [3.63, 3.8) is 0 Å². The summed E-state index contributed by atoms with van der Waals surface area (Å²) in [5.74, 6) is 4.46. The van der Waals surface area contributed by atoms with Crippen molar-refractivity contribution in [1.82, 2.24) is 20.0 Å². The Kier molecular flexibility index (Phi) is 4.58. The van der Waals surface area contributed by atoms with Gasteiger partial charge < -0.3 is 10.2 Å². The summed E-state index contributed by atoms with van der Waals surface area (Å²) in [7, 11) is 0. The van der Waals surface area contributed by atoms with Crippen molar-refractivity contribution >= 4 is 16.9 Å². The van der Waals surface area contributed by atoms with E-state index in [-0.39, 0.29) is 0 Å². The SMILES string of the molecule is NOC(=O)c1cccc2cn(-c3ccc(CN4CCC5(CC4)CNC5)cc3)nc12. The van der Waals surface area contributed by atoms with Crippen molar-refractivity contribution in [2.24, 2.45) is 11.3 Å². The molecule has 0 amide bonds. The minimum atomic E-state index is -0.586. The molecule has 3 aromatic rings. The molecule has 0 bridgehead atoms. The predicted molar refractivity (Wildman–Crippen MR) is 110 cm³/mol. The third-order valence-corrected chi connectivity index (χ3v) is 6.39. The summed E-state index contributed by atoms with van der Waals surface area (Å²) in [4.78, 5) is 18.8. The zero-order valence-electron chi connectivity index (χ0n) is 16.3. The first-order chi connectivity index (χ1) is 14.2. The molecule has 2 fully saturated rings. The number of carbonyl (C=O) groups is 1. The van der Waals surface area contributed by atoms with Gasteiger partial charge in [-0.15, -0.1) is 0 Å². The third-order valence-electron chi connectivity index (χ3n) is 6.39. The Morgan fingerprint density at radius 3 is 2.55 bits per heavy atom. The van der Waals surface area contributed by atoms with Gasteiger partial charge in [-0.05, 0) is 55.1 Å². The maximum Gasteiger partial charge on any atom is 0.358 e. The van der Waals surface area contributed by atoms with Crippen molar-refractivity contribution in [3.8, 4) is 5.69 Å². The highest BCUT2D eigenvalue weighted by molar-refractivity contribution is 6.02. The molecule has 0 aliphatic carbocycles. The molecule has 3 heterocycles. The molecular weight excluding hydrogens is 366 g/mol. The Bertz CT molecular complexity index is 1030. The van der Waals surface area contributed by atoms with Crippen LogP contribution in [-0.4, -0.2) is 46.8 Å². The van der Waals surface area contributed by atoms with Crippen molar-refractivity contribution in [2.45, 2.75) is 19.4 Å². The first kappa shape index (κ1) is 18.3. The van der Waals surface area contributed by atoms with Gasteiger partial charge in [-0.3, -0.25) is 4.90 Å². The number of hydrogen-bond donors (Lipinski definition) is 2. The molecule has 1 spiro atoms. The third kappa shape index (κ3) is 3.42. The number of hydrogen-bond acceptors (Lipinski definition) is 6. The first-order valence-corrected chi connectivity index (χ1v) is 10.1. The van der Waals surface area contributed by atoms with Gasteiger partial charge in [0, 0.05) is 31.2 Å². The number of nitrogens with zero attached hydrogens (tertiary/aromatic N) is 3. The number of likely N-dealkylation sites (tertiary alicyclic amines) is 1. The van der Waals surface area contributed by atoms with Crippen molar-refractivity contribution in [2.75, 3.05) is 26.2 Å². The van der Waals surface area contributed by atoms with Gasteiger partial charge in [0.2, 0.25) is 0 Å². The van der Waals surface area contributed by atoms with Gasteiger partial charge in [-0.1, -0.05) is 24.3 Å². The lowest BCUT2D eigenvalue weighted by atomic mass is 9.73. The van der Waals surface area contributed by atoms with Crippen LogP contribution in [0.3, 0.4) is 0 Å². The molecule has 5 rings (SSSR count). The molecule has 3 N–H and O–H groups in total. The molecule has 0 atom stereocenters. The van der Waals surface area contributed by atoms with E-state index < -0.39 is 5.97 Å². The molecule has 2 aliphatic rings. The molecule has 150 valence electrons. The lowest BCUT2D eigenvalue weighted by molar-refractivity contribution is 0.0505. The van der Waals surface area contributed by atoms with Gasteiger partial charge in [-0.25, -0.2) is 9.48 Å². The fourth-order valence-corrected chi connectivity index (χ4v) is 4.44. The van der Waals surface area contributed by atoms with Gasteiger partial charge in [0.1, 0.15) is 5.52 Å². The van der Waals surface area contributed by atoms with E-state index in [4.69, 9.17) is 5.90 Å². The van der Waals surface area contributed by atoms with Crippen molar-refractivity contribution in [3.05, 3.63) is 59.8 Å². The van der Waals surface area contributed by atoms with Gasteiger partial charge in [0.05, 0.1) is 11.3 Å². The summed E-state index contributed by atoms with van der Waals surface area (Å²) in [6.45, 7) is 5.72. The summed E-state index contributed by atoms with van der Waals surface area (Å²) in [5, 5.41) is 8.86. The number of benzene rings is 2. The Morgan fingerprint density at radius 1 is 1.14 bits per heavy atom. The summed E-state index contributed by atoms with van der Waals surface area (Å²) in [6.07, 6.45) is 4.51. The maximum atomic E-state index is 11.9. The molecule has 2 saturated heterocycles. The van der Waals surface area contributed by atoms with E-state index in [0.717, 1.165) is 17.6 Å². The van der Waals surface area contributed by atoms with Crippen LogP contribution in [0, 0.1) is 5.41 Å². The quantitative estimate of drug-likeness (QED) is 0.664. The normalized spacial score (nSPS) is 18.7. The molecule has 0 unspecified atom stereocenters. The minimum Gasteiger partial charge on any atom is -0.370 e. The Hall–Kier alpha value is -2.74. The highest BCUT2D eigenvalue weighted by Crippen LogP contribution is 2.35. The zero-order chi connectivity index (χ0) is 19.8. The standard InChI is InChI=1S/C22H25N5O2/c23-29-21(28)19-3-1-2-17-13-27(25-20(17)19)18-6-4-16(5-7-18)12-26-10-8-22(9-11-26)14-24-15-22/h1-7,13,24H,8-12,14-15,23H2. The largest absolute Gasteiger partial charge is 0.370 e. The lowest BCUT2D eigenvalue weighted by Crippen LogP contribution is -2.58. The minimum absolute atomic E-state index is 0.366. The Labute approximate surface area is 169 Å².